The molecule has 0 radical (unpaired) electrons. The molecule has 2 aliphatic rings. The van der Waals surface area contributed by atoms with E-state index >= 15 is 0 Å². The Labute approximate surface area is 249 Å². The second kappa shape index (κ2) is 12.1. The van der Waals surface area contributed by atoms with Crippen LogP contribution in [0.3, 0.4) is 0 Å². The van der Waals surface area contributed by atoms with Gasteiger partial charge >= 0.3 is 0 Å². The van der Waals surface area contributed by atoms with Gasteiger partial charge in [0, 0.05) is 29.8 Å². The summed E-state index contributed by atoms with van der Waals surface area (Å²) in [7, 11) is 0. The Morgan fingerprint density at radius 3 is 1.77 bits per heavy atom. The average Bonchev–Trinajstić information content (AvgIpc) is 3.67. The molecular formula is C31H37N11O. The SMILES string of the molecule is NC(=O)c1ccc(-c2ncnc3c2cnn3CCN2CCCCC2)cc1-c1ncnc2c1cnn2CCN1CCCCC1. The molecule has 0 saturated carbocycles. The maximum absolute atomic E-state index is 12.6. The van der Waals surface area contributed by atoms with Gasteiger partial charge in [-0.05, 0) is 64.0 Å². The van der Waals surface area contributed by atoms with E-state index < -0.39 is 5.91 Å². The number of fused-ring (bicyclic) bond motifs is 2. The summed E-state index contributed by atoms with van der Waals surface area (Å²) in [5.41, 5.74) is 10.6. The quantitative estimate of drug-likeness (QED) is 0.279. The van der Waals surface area contributed by atoms with Crippen molar-refractivity contribution in [3.63, 3.8) is 0 Å². The summed E-state index contributed by atoms with van der Waals surface area (Å²) in [5.74, 6) is -0.524. The molecule has 7 rings (SSSR count). The van der Waals surface area contributed by atoms with Crippen molar-refractivity contribution in [1.29, 1.82) is 0 Å². The van der Waals surface area contributed by atoms with Crippen molar-refractivity contribution in [2.75, 3.05) is 39.3 Å². The molecule has 12 nitrogen and oxygen atoms in total. The number of hydrogen-bond acceptors (Lipinski definition) is 9. The molecule has 0 bridgehead atoms. The standard InChI is InChI=1S/C31H37N11O/c32-29(43)23-8-7-22(27-25-18-37-41(30(25)35-20-33-27)15-13-39-9-3-1-4-10-39)17-24(23)28-26-19-38-42(31(26)36-21-34-28)16-14-40-11-5-2-6-12-40/h7-8,17-21H,1-6,9-16H2,(H2,32,43). The average molecular weight is 580 g/mol. The predicted octanol–water partition coefficient (Wildman–Crippen LogP) is 3.37. The molecule has 2 N–H and O–H groups in total. The maximum atomic E-state index is 12.6. The largest absolute Gasteiger partial charge is 0.366 e. The van der Waals surface area contributed by atoms with Crippen LogP contribution in [0.4, 0.5) is 0 Å². The second-order valence-corrected chi connectivity index (χ2v) is 11.6. The fourth-order valence-electron chi connectivity index (χ4n) is 6.50. The van der Waals surface area contributed by atoms with Crippen molar-refractivity contribution in [3.05, 3.63) is 48.8 Å². The van der Waals surface area contributed by atoms with E-state index in [2.05, 4.69) is 39.9 Å². The maximum Gasteiger partial charge on any atom is 0.249 e. The van der Waals surface area contributed by atoms with Gasteiger partial charge in [-0.25, -0.2) is 29.3 Å². The number of aromatic nitrogens is 8. The van der Waals surface area contributed by atoms with Gasteiger partial charge in [-0.2, -0.15) is 10.2 Å². The van der Waals surface area contributed by atoms with Crippen molar-refractivity contribution in [3.8, 4) is 22.5 Å². The highest BCUT2D eigenvalue weighted by molar-refractivity contribution is 6.04. The number of nitrogens with zero attached hydrogens (tertiary/aromatic N) is 10. The van der Waals surface area contributed by atoms with Crippen LogP contribution < -0.4 is 5.73 Å². The van der Waals surface area contributed by atoms with Gasteiger partial charge in [0.25, 0.3) is 0 Å². The molecule has 222 valence electrons. The minimum atomic E-state index is -0.524. The molecule has 0 unspecified atom stereocenters. The summed E-state index contributed by atoms with van der Waals surface area (Å²) in [6, 6.07) is 5.55. The van der Waals surface area contributed by atoms with E-state index in [1.165, 1.54) is 44.9 Å². The molecule has 0 aliphatic carbocycles. The first-order valence-corrected chi connectivity index (χ1v) is 15.4. The highest BCUT2D eigenvalue weighted by Gasteiger charge is 2.21. The van der Waals surface area contributed by atoms with Gasteiger partial charge in [-0.1, -0.05) is 18.9 Å². The fraction of sp³-hybridized carbons (Fsp3) is 0.452. The lowest BCUT2D eigenvalue weighted by Gasteiger charge is -2.26. The third-order valence-corrected chi connectivity index (χ3v) is 8.83. The number of likely N-dealkylation sites (tertiary alicyclic amines) is 2. The van der Waals surface area contributed by atoms with Gasteiger partial charge in [-0.15, -0.1) is 0 Å². The van der Waals surface area contributed by atoms with Crippen LogP contribution in [0.25, 0.3) is 44.6 Å². The summed E-state index contributed by atoms with van der Waals surface area (Å²) in [6.07, 6.45) is 14.4. The molecule has 0 atom stereocenters. The van der Waals surface area contributed by atoms with Gasteiger partial charge in [0.2, 0.25) is 5.91 Å². The number of hydrogen-bond donors (Lipinski definition) is 1. The van der Waals surface area contributed by atoms with E-state index in [4.69, 9.17) is 5.73 Å². The summed E-state index contributed by atoms with van der Waals surface area (Å²) >= 11 is 0. The van der Waals surface area contributed by atoms with Gasteiger partial charge < -0.3 is 15.5 Å². The molecule has 2 aliphatic heterocycles. The topological polar surface area (TPSA) is 137 Å². The predicted molar refractivity (Wildman–Crippen MR) is 164 cm³/mol. The first-order chi connectivity index (χ1) is 21.2. The zero-order chi connectivity index (χ0) is 29.2. The third-order valence-electron chi connectivity index (χ3n) is 8.83. The lowest BCUT2D eigenvalue weighted by Crippen LogP contribution is -2.32. The fourth-order valence-corrected chi connectivity index (χ4v) is 6.50. The van der Waals surface area contributed by atoms with Crippen molar-refractivity contribution in [2.45, 2.75) is 51.6 Å². The van der Waals surface area contributed by atoms with E-state index in [9.17, 15) is 4.79 Å². The zero-order valence-electron chi connectivity index (χ0n) is 24.4. The van der Waals surface area contributed by atoms with Crippen molar-refractivity contribution in [1.82, 2.24) is 49.3 Å². The Hall–Kier alpha value is -4.29. The Morgan fingerprint density at radius 2 is 1.21 bits per heavy atom. The molecular weight excluding hydrogens is 542 g/mol. The van der Waals surface area contributed by atoms with E-state index in [0.717, 1.165) is 85.7 Å². The van der Waals surface area contributed by atoms with Crippen LogP contribution in [0.2, 0.25) is 0 Å². The van der Waals surface area contributed by atoms with Crippen LogP contribution in [-0.4, -0.2) is 94.5 Å². The molecule has 5 aromatic rings. The minimum Gasteiger partial charge on any atom is -0.366 e. The third kappa shape index (κ3) is 5.59. The van der Waals surface area contributed by atoms with Gasteiger partial charge in [0.1, 0.15) is 12.7 Å². The van der Waals surface area contributed by atoms with Crippen LogP contribution in [0, 0.1) is 0 Å². The summed E-state index contributed by atoms with van der Waals surface area (Å²) < 4.78 is 3.88. The summed E-state index contributed by atoms with van der Waals surface area (Å²) in [5, 5.41) is 11.0. The van der Waals surface area contributed by atoms with Crippen molar-refractivity contribution >= 4 is 28.0 Å². The van der Waals surface area contributed by atoms with E-state index in [-0.39, 0.29) is 0 Å². The lowest BCUT2D eigenvalue weighted by atomic mass is 9.97. The highest BCUT2D eigenvalue weighted by Crippen LogP contribution is 2.33. The Bertz CT molecular complexity index is 1750. The molecule has 0 spiro atoms. The zero-order valence-corrected chi connectivity index (χ0v) is 24.4. The molecule has 1 amide bonds. The number of primary amides is 1. The molecule has 4 aromatic heterocycles. The molecule has 2 saturated heterocycles. The van der Waals surface area contributed by atoms with Crippen LogP contribution in [-0.2, 0) is 13.1 Å². The number of piperidine rings is 2. The summed E-state index contributed by atoms with van der Waals surface area (Å²) in [6.45, 7) is 7.92. The van der Waals surface area contributed by atoms with Gasteiger partial charge in [0.05, 0.1) is 47.6 Å². The molecule has 12 heteroatoms. The molecule has 43 heavy (non-hydrogen) atoms. The highest BCUT2D eigenvalue weighted by atomic mass is 16.1. The minimum absolute atomic E-state index is 0.382. The monoisotopic (exact) mass is 579 g/mol. The molecule has 1 aromatic carbocycles. The number of carbonyl (C=O) groups excluding carboxylic acids is 1. The first-order valence-electron chi connectivity index (χ1n) is 15.4. The van der Waals surface area contributed by atoms with Crippen LogP contribution in [0.15, 0.2) is 43.2 Å². The normalized spacial score (nSPS) is 16.7. The number of nitrogens with two attached hydrogens (primary N) is 1. The Balaban J connectivity index is 1.22. The first kappa shape index (κ1) is 27.5. The number of amides is 1. The Morgan fingerprint density at radius 1 is 0.674 bits per heavy atom. The van der Waals surface area contributed by atoms with E-state index in [1.807, 2.05) is 27.7 Å². The van der Waals surface area contributed by atoms with Crippen molar-refractivity contribution in [2.24, 2.45) is 5.73 Å². The number of benzene rings is 1. The smallest absolute Gasteiger partial charge is 0.249 e. The van der Waals surface area contributed by atoms with Crippen LogP contribution in [0.5, 0.6) is 0 Å². The van der Waals surface area contributed by atoms with Crippen molar-refractivity contribution < 1.29 is 4.79 Å². The molecule has 2 fully saturated rings. The Kier molecular flexibility index (Phi) is 7.77. The lowest BCUT2D eigenvalue weighted by molar-refractivity contribution is 0.100. The van der Waals surface area contributed by atoms with Gasteiger partial charge in [-0.3, -0.25) is 4.79 Å². The molecule has 6 heterocycles. The number of rotatable bonds is 9. The van der Waals surface area contributed by atoms with E-state index in [0.29, 0.717) is 16.8 Å². The van der Waals surface area contributed by atoms with E-state index in [1.54, 1.807) is 18.6 Å². The summed E-state index contributed by atoms with van der Waals surface area (Å²) in [4.78, 5) is 36.0. The van der Waals surface area contributed by atoms with Gasteiger partial charge in [0.15, 0.2) is 11.3 Å². The van der Waals surface area contributed by atoms with Crippen LogP contribution >= 0.6 is 0 Å². The second-order valence-electron chi connectivity index (χ2n) is 11.6. The number of carbonyl (C=O) groups is 1. The van der Waals surface area contributed by atoms with Crippen LogP contribution in [0.1, 0.15) is 48.9 Å².